The van der Waals surface area contributed by atoms with Crippen LogP contribution in [0.25, 0.3) is 0 Å². The second-order valence-corrected chi connectivity index (χ2v) is 6.23. The predicted octanol–water partition coefficient (Wildman–Crippen LogP) is 2.33. The van der Waals surface area contributed by atoms with Gasteiger partial charge in [0.2, 0.25) is 0 Å². The van der Waals surface area contributed by atoms with Crippen molar-refractivity contribution < 1.29 is 19.4 Å². The zero-order valence-corrected chi connectivity index (χ0v) is 12.4. The van der Waals surface area contributed by atoms with Crippen molar-refractivity contribution in [3.63, 3.8) is 0 Å². The number of hydrogen-bond donors (Lipinski definition) is 2. The van der Waals surface area contributed by atoms with Gasteiger partial charge in [0.25, 0.3) is 0 Å². The number of aliphatic carboxylic acids is 1. The summed E-state index contributed by atoms with van der Waals surface area (Å²) in [5.41, 5.74) is 6.01. The molecule has 19 heavy (non-hydrogen) atoms. The van der Waals surface area contributed by atoms with E-state index in [0.717, 1.165) is 0 Å². The second kappa shape index (κ2) is 5.02. The van der Waals surface area contributed by atoms with Crippen molar-refractivity contribution in [1.82, 2.24) is 0 Å². The average Bonchev–Trinajstić information content (AvgIpc) is 2.47. The van der Waals surface area contributed by atoms with Gasteiger partial charge in [0.1, 0.15) is 6.04 Å². The van der Waals surface area contributed by atoms with Crippen LogP contribution in [0.3, 0.4) is 0 Å². The van der Waals surface area contributed by atoms with Crippen LogP contribution < -0.4 is 15.2 Å². The minimum absolute atomic E-state index is 0.0967. The molecule has 1 atom stereocenters. The number of carboxylic acids is 1. The highest BCUT2D eigenvalue weighted by molar-refractivity contribution is 9.10. The van der Waals surface area contributed by atoms with Crippen LogP contribution in [-0.2, 0) is 4.79 Å². The van der Waals surface area contributed by atoms with Gasteiger partial charge < -0.3 is 20.3 Å². The topological polar surface area (TPSA) is 81.8 Å². The Kier molecular flexibility index (Phi) is 3.73. The van der Waals surface area contributed by atoms with Gasteiger partial charge in [-0.15, -0.1) is 0 Å². The number of halogens is 1. The molecule has 0 fully saturated rings. The Bertz CT molecular complexity index is 516. The highest BCUT2D eigenvalue weighted by Crippen LogP contribution is 2.39. The van der Waals surface area contributed by atoms with Gasteiger partial charge in [-0.25, -0.2) is 0 Å². The lowest BCUT2D eigenvalue weighted by atomic mass is 9.97. The van der Waals surface area contributed by atoms with E-state index in [4.69, 9.17) is 20.3 Å². The Hall–Kier alpha value is -1.27. The van der Waals surface area contributed by atoms with Gasteiger partial charge in [0.15, 0.2) is 11.5 Å². The number of carboxylic acid groups (broad SMARTS) is 1. The van der Waals surface area contributed by atoms with Crippen LogP contribution in [-0.4, -0.2) is 24.3 Å². The fourth-order valence-corrected chi connectivity index (χ4v) is 2.30. The molecule has 1 aromatic carbocycles. The molecule has 0 amide bonds. The Labute approximate surface area is 119 Å². The summed E-state index contributed by atoms with van der Waals surface area (Å²) in [7, 11) is 0. The zero-order valence-electron chi connectivity index (χ0n) is 10.8. The van der Waals surface area contributed by atoms with Crippen molar-refractivity contribution in [3.05, 3.63) is 22.2 Å². The Morgan fingerprint density at radius 3 is 2.42 bits per heavy atom. The molecule has 0 aliphatic carbocycles. The van der Waals surface area contributed by atoms with Gasteiger partial charge in [-0.05, 0) is 17.7 Å². The third-order valence-electron chi connectivity index (χ3n) is 2.90. The van der Waals surface area contributed by atoms with Crippen molar-refractivity contribution in [2.75, 3.05) is 13.2 Å². The first-order chi connectivity index (χ1) is 8.80. The van der Waals surface area contributed by atoms with Gasteiger partial charge in [-0.3, -0.25) is 4.79 Å². The van der Waals surface area contributed by atoms with Crippen molar-refractivity contribution in [3.8, 4) is 11.5 Å². The molecule has 6 heteroatoms. The molecule has 1 unspecified atom stereocenters. The maximum absolute atomic E-state index is 11.0. The van der Waals surface area contributed by atoms with Crippen LogP contribution in [0.4, 0.5) is 0 Å². The molecule has 1 aromatic rings. The number of rotatable bonds is 2. The number of ether oxygens (including phenoxy) is 2. The molecule has 0 saturated heterocycles. The summed E-state index contributed by atoms with van der Waals surface area (Å²) < 4.78 is 12.0. The van der Waals surface area contributed by atoms with Crippen LogP contribution in [0, 0.1) is 5.41 Å². The van der Waals surface area contributed by atoms with Crippen LogP contribution in [0.1, 0.15) is 25.5 Å². The zero-order chi connectivity index (χ0) is 14.2. The fourth-order valence-electron chi connectivity index (χ4n) is 1.74. The maximum Gasteiger partial charge on any atom is 0.325 e. The number of hydrogen-bond acceptors (Lipinski definition) is 4. The molecule has 104 valence electrons. The van der Waals surface area contributed by atoms with Crippen molar-refractivity contribution >= 4 is 21.9 Å². The first-order valence-corrected chi connectivity index (χ1v) is 6.67. The van der Waals surface area contributed by atoms with Crippen LogP contribution in [0.5, 0.6) is 11.5 Å². The molecule has 0 radical (unpaired) electrons. The predicted molar refractivity (Wildman–Crippen MR) is 73.5 cm³/mol. The summed E-state index contributed by atoms with van der Waals surface area (Å²) in [5.74, 6) is 0.0368. The van der Waals surface area contributed by atoms with E-state index in [0.29, 0.717) is 34.7 Å². The maximum atomic E-state index is 11.0. The Morgan fingerprint density at radius 1 is 1.37 bits per heavy atom. The molecule has 0 bridgehead atoms. The van der Waals surface area contributed by atoms with Gasteiger partial charge in [0.05, 0.1) is 13.2 Å². The number of carbonyl (C=O) groups is 1. The quantitative estimate of drug-likeness (QED) is 0.870. The lowest BCUT2D eigenvalue weighted by Gasteiger charge is -2.19. The summed E-state index contributed by atoms with van der Waals surface area (Å²) in [6.07, 6.45) is 0. The van der Waals surface area contributed by atoms with E-state index in [-0.39, 0.29) is 5.41 Å². The SMILES string of the molecule is CC1(C)COc2cc(Br)c(C(N)C(=O)O)cc2OC1. The molecule has 2 rings (SSSR count). The normalized spacial score (nSPS) is 18.5. The summed E-state index contributed by atoms with van der Waals surface area (Å²) in [6.45, 7) is 5.12. The van der Waals surface area contributed by atoms with E-state index in [1.54, 1.807) is 12.1 Å². The largest absolute Gasteiger partial charge is 0.489 e. The van der Waals surface area contributed by atoms with E-state index in [1.165, 1.54) is 0 Å². The summed E-state index contributed by atoms with van der Waals surface area (Å²) in [6, 6.07) is 2.23. The molecule has 0 spiro atoms. The fraction of sp³-hybridized carbons (Fsp3) is 0.462. The molecule has 0 saturated carbocycles. The molecular weight excluding hydrogens is 314 g/mol. The standard InChI is InChI=1S/C13H16BrNO4/c1-13(2)5-18-9-3-7(11(15)12(16)17)8(14)4-10(9)19-6-13/h3-4,11H,5-6,15H2,1-2H3,(H,16,17). The van der Waals surface area contributed by atoms with Gasteiger partial charge in [-0.1, -0.05) is 29.8 Å². The Balaban J connectivity index is 2.39. The lowest BCUT2D eigenvalue weighted by molar-refractivity contribution is -0.138. The van der Waals surface area contributed by atoms with E-state index in [1.807, 2.05) is 13.8 Å². The third kappa shape index (κ3) is 3.01. The molecule has 1 heterocycles. The highest BCUT2D eigenvalue weighted by Gasteiger charge is 2.27. The van der Waals surface area contributed by atoms with Crippen molar-refractivity contribution in [2.45, 2.75) is 19.9 Å². The van der Waals surface area contributed by atoms with E-state index in [2.05, 4.69) is 15.9 Å². The van der Waals surface area contributed by atoms with E-state index in [9.17, 15) is 4.79 Å². The minimum Gasteiger partial charge on any atom is -0.489 e. The highest BCUT2D eigenvalue weighted by atomic mass is 79.9. The summed E-state index contributed by atoms with van der Waals surface area (Å²) >= 11 is 3.32. The minimum atomic E-state index is -1.10. The van der Waals surface area contributed by atoms with E-state index < -0.39 is 12.0 Å². The number of nitrogens with two attached hydrogens (primary N) is 1. The second-order valence-electron chi connectivity index (χ2n) is 5.38. The lowest BCUT2D eigenvalue weighted by Crippen LogP contribution is -2.26. The molecule has 0 aromatic heterocycles. The first-order valence-electron chi connectivity index (χ1n) is 5.87. The summed E-state index contributed by atoms with van der Waals surface area (Å²) in [4.78, 5) is 11.0. The van der Waals surface area contributed by atoms with Crippen molar-refractivity contribution in [2.24, 2.45) is 11.1 Å². The molecule has 5 nitrogen and oxygen atoms in total. The molecule has 1 aliphatic heterocycles. The summed E-state index contributed by atoms with van der Waals surface area (Å²) in [5, 5.41) is 8.98. The molecule has 1 aliphatic rings. The van der Waals surface area contributed by atoms with Gasteiger partial charge >= 0.3 is 5.97 Å². The monoisotopic (exact) mass is 329 g/mol. The van der Waals surface area contributed by atoms with Crippen molar-refractivity contribution in [1.29, 1.82) is 0 Å². The smallest absolute Gasteiger partial charge is 0.325 e. The molecule has 3 N–H and O–H groups in total. The third-order valence-corrected chi connectivity index (χ3v) is 3.59. The van der Waals surface area contributed by atoms with Crippen LogP contribution in [0.2, 0.25) is 0 Å². The van der Waals surface area contributed by atoms with Crippen LogP contribution in [0.15, 0.2) is 16.6 Å². The van der Waals surface area contributed by atoms with Gasteiger partial charge in [-0.2, -0.15) is 0 Å². The first kappa shape index (κ1) is 14.1. The Morgan fingerprint density at radius 2 is 1.89 bits per heavy atom. The van der Waals surface area contributed by atoms with E-state index >= 15 is 0 Å². The average molecular weight is 330 g/mol. The number of benzene rings is 1. The number of fused-ring (bicyclic) bond motifs is 1. The van der Waals surface area contributed by atoms with Gasteiger partial charge in [0, 0.05) is 9.89 Å². The molecular formula is C13H16BrNO4. The van der Waals surface area contributed by atoms with Crippen LogP contribution >= 0.6 is 15.9 Å².